The van der Waals surface area contributed by atoms with Crippen molar-refractivity contribution in [2.24, 2.45) is 0 Å². The van der Waals surface area contributed by atoms with E-state index in [4.69, 9.17) is 41.5 Å². The van der Waals surface area contributed by atoms with Gasteiger partial charge < -0.3 is 86.1 Å². The zero-order valence-electron chi connectivity index (χ0n) is 77.0. The van der Waals surface area contributed by atoms with Gasteiger partial charge in [0, 0.05) is 48.6 Å². The van der Waals surface area contributed by atoms with E-state index in [1.165, 1.54) is 95.0 Å². The molecule has 1 aliphatic rings. The summed E-state index contributed by atoms with van der Waals surface area (Å²) in [4.78, 5) is 115. The number of nitrogens with one attached hydrogen (secondary N) is 1. The van der Waals surface area contributed by atoms with Crippen LogP contribution in [-0.4, -0.2) is 143 Å². The number of carbonyl (C=O) groups excluding carboxylic acids is 10. The molecule has 1 heterocycles. The number of nitrogen functional groups attached to an aromatic ring is 3. The number of amides is 1. The highest BCUT2D eigenvalue weighted by atomic mass is 127. The number of benzene rings is 12. The number of hydrogen-bond acceptors (Lipinski definition) is 26. The predicted octanol–water partition coefficient (Wildman–Crippen LogP) is 19.8. The van der Waals surface area contributed by atoms with Crippen molar-refractivity contribution in [2.45, 2.75) is 121 Å². The molecule has 29 heteroatoms. The van der Waals surface area contributed by atoms with Crippen molar-refractivity contribution in [3.63, 3.8) is 0 Å². The van der Waals surface area contributed by atoms with Gasteiger partial charge in [-0.2, -0.15) is 0 Å². The second-order valence-electron chi connectivity index (χ2n) is 31.2. The number of ether oxygens (including phenoxy) is 5. The Morgan fingerprint density at radius 2 is 0.657 bits per heavy atom. The number of nitrogens with two attached hydrogens (primary N) is 3. The fourth-order valence-corrected chi connectivity index (χ4v) is 12.4. The van der Waals surface area contributed by atoms with Gasteiger partial charge in [0.25, 0.3) is 0 Å². The molecule has 0 bridgehead atoms. The third kappa shape index (κ3) is 32.9. The van der Waals surface area contributed by atoms with Crippen LogP contribution >= 0.6 is 22.6 Å². The number of hydrogen-bond donors (Lipinski definition) is 10. The summed E-state index contributed by atoms with van der Waals surface area (Å²) in [7, 11) is 4.78. The van der Waals surface area contributed by atoms with Gasteiger partial charge in [0.1, 0.15) is 51.7 Å². The molecule has 0 aromatic heterocycles. The molecule has 13 N–H and O–H groups in total. The fraction of sp³-hybridized carbons (Fsp3) is 0.219. The number of phenols is 6. The van der Waals surface area contributed by atoms with Crippen molar-refractivity contribution < 1.29 is 112 Å². The molecule has 0 radical (unpaired) electrons. The van der Waals surface area contributed by atoms with E-state index in [1.807, 2.05) is 148 Å². The van der Waals surface area contributed by atoms with Crippen molar-refractivity contribution in [3.05, 3.63) is 324 Å². The highest BCUT2D eigenvalue weighted by Gasteiger charge is 2.51. The first-order valence-electron chi connectivity index (χ1n) is 41.4. The lowest BCUT2D eigenvalue weighted by Crippen LogP contribution is -2.41. The summed E-state index contributed by atoms with van der Waals surface area (Å²) in [5.74, 6) is -4.46. The molecule has 0 spiro atoms. The van der Waals surface area contributed by atoms with Crippen LogP contribution in [-0.2, 0) is 42.6 Å². The zero-order chi connectivity index (χ0) is 98.9. The molecule has 1 aliphatic heterocycles. The van der Waals surface area contributed by atoms with Gasteiger partial charge in [0.05, 0.1) is 52.7 Å². The molecule has 12 aromatic carbocycles. The molecule has 0 atom stereocenters. The lowest BCUT2D eigenvalue weighted by molar-refractivity contribution is -0.142. The summed E-state index contributed by atoms with van der Waals surface area (Å²) in [5.41, 5.74) is 34.4. The number of aryl methyl sites for hydroxylation is 6. The number of rotatable bonds is 18. The monoisotopic (exact) mass is 1940 g/mol. The Hall–Kier alpha value is -14.9. The highest BCUT2D eigenvalue weighted by molar-refractivity contribution is 14.1. The lowest BCUT2D eigenvalue weighted by Gasteiger charge is -2.32. The Morgan fingerprint density at radius 1 is 0.358 bits per heavy atom. The van der Waals surface area contributed by atoms with E-state index >= 15 is 0 Å². The highest BCUT2D eigenvalue weighted by Crippen LogP contribution is 2.37. The maximum Gasteiger partial charge on any atom is 0.494 e. The Morgan fingerprint density at radius 3 is 1.00 bits per heavy atom. The first kappa shape index (κ1) is 110. The van der Waals surface area contributed by atoms with E-state index in [-0.39, 0.29) is 118 Å². The van der Waals surface area contributed by atoms with E-state index in [0.29, 0.717) is 45.9 Å². The number of phenolic OH excluding ortho intramolecular Hbond substituents is 6. The minimum Gasteiger partial charge on any atom is -0.507 e. The molecule has 12 aromatic rings. The van der Waals surface area contributed by atoms with Crippen LogP contribution in [0.25, 0.3) is 33.4 Å². The van der Waals surface area contributed by atoms with Crippen molar-refractivity contribution in [2.75, 3.05) is 57.6 Å². The molecule has 13 rings (SSSR count). The number of aromatic hydroxyl groups is 6. The first-order valence-corrected chi connectivity index (χ1v) is 42.4. The van der Waals surface area contributed by atoms with Crippen LogP contribution in [0.3, 0.4) is 0 Å². The zero-order valence-corrected chi connectivity index (χ0v) is 79.2. The molecule has 134 heavy (non-hydrogen) atoms. The molecular weight excluding hydrogens is 1820 g/mol. The van der Waals surface area contributed by atoms with Crippen LogP contribution in [0.5, 0.6) is 34.5 Å². The van der Waals surface area contributed by atoms with Crippen LogP contribution in [0.2, 0.25) is 0 Å². The maximum absolute atomic E-state index is 12.4. The minimum absolute atomic E-state index is 0. The molecule has 0 saturated carbocycles. The average molecular weight is 1940 g/mol. The van der Waals surface area contributed by atoms with Gasteiger partial charge >= 0.3 is 37.0 Å². The summed E-state index contributed by atoms with van der Waals surface area (Å²) >= 11 is 2.05. The number of carbonyl (C=O) groups is 10. The van der Waals surface area contributed by atoms with Gasteiger partial charge in [0.2, 0.25) is 5.91 Å². The largest absolute Gasteiger partial charge is 0.507 e. The maximum atomic E-state index is 12.4. The summed E-state index contributed by atoms with van der Waals surface area (Å²) in [6.45, 7) is 25.1. The van der Waals surface area contributed by atoms with E-state index < -0.39 is 35.8 Å². The van der Waals surface area contributed by atoms with Crippen molar-refractivity contribution in [3.8, 4) is 67.9 Å². The molecular formula is C105H114BIN4O23. The summed E-state index contributed by atoms with van der Waals surface area (Å²) in [5, 5.41) is 58.8. The first-order chi connectivity index (χ1) is 62.7. The van der Waals surface area contributed by atoms with Gasteiger partial charge in [-0.3, -0.25) is 28.8 Å². The van der Waals surface area contributed by atoms with Gasteiger partial charge in [-0.05, 0) is 324 Å². The number of halogens is 1. The van der Waals surface area contributed by atoms with Crippen molar-refractivity contribution >= 4 is 117 Å². The fourth-order valence-electron chi connectivity index (χ4n) is 11.9. The molecule has 1 saturated heterocycles. The van der Waals surface area contributed by atoms with Gasteiger partial charge in [-0.25, -0.2) is 19.2 Å². The quantitative estimate of drug-likeness (QED) is 0.00557. The van der Waals surface area contributed by atoms with Gasteiger partial charge in [0.15, 0.2) is 34.6 Å². The molecule has 0 unspecified atom stereocenters. The van der Waals surface area contributed by atoms with Crippen LogP contribution in [0.1, 0.15) is 185 Å². The molecule has 1 fully saturated rings. The van der Waals surface area contributed by atoms with Crippen molar-refractivity contribution in [1.82, 2.24) is 0 Å². The molecule has 0 aliphatic carbocycles. The molecule has 1 amide bonds. The number of esters is 5. The number of anilines is 4. The van der Waals surface area contributed by atoms with Gasteiger partial charge in [-0.15, -0.1) is 0 Å². The Kier molecular flexibility index (Phi) is 42.2. The van der Waals surface area contributed by atoms with Crippen LogP contribution in [0.4, 0.5) is 22.7 Å². The predicted molar refractivity (Wildman–Crippen MR) is 530 cm³/mol. The summed E-state index contributed by atoms with van der Waals surface area (Å²) < 4.78 is 35.8. The standard InChI is InChI=1S/C25H23NO5.2C14H13NO3.C13H16O3.C12H18BNO2.C10H12O.C8H7IO3.C8H8O3.CH4/c1-15-4-5-19(12-16(15)2)23(28)14-24(29)26-20-9-6-17(7-10-20)18-8-11-22(27)21(13-18)25(30)31-3;2*1-18-14(17)12-8-10(4-7-13(12)16)9-2-5-11(15)6-3-9;1-4-16-13(15)8-12(14)11-6-5-9(2)10(3)7-11;1-11(2)12(3,4)16-13(15-11)9-5-7-10(14)8-6-9;1-7-4-5-10(9(3)11)6-8(7)2;1-12-8(11)6-4-5(9)2-3-7(6)10;1-5(9)6-2-3-7(10)8(11)4-6;/h4-13,27H,14H2,1-3H3,(H,26,29);2*2-8,16H,15H2,1H3;5-7H,4,8H2,1-3H3;5-8H,14H2,1-4H3;4-6H,1-3H3;2-4,10H,1H3;2-4,10-11H,1H3;1H4. The summed E-state index contributed by atoms with van der Waals surface area (Å²) in [6.07, 6.45) is -0.430. The van der Waals surface area contributed by atoms with E-state index in [9.17, 15) is 68.4 Å². The normalized spacial score (nSPS) is 11.4. The van der Waals surface area contributed by atoms with E-state index in [1.54, 1.807) is 129 Å². The van der Waals surface area contributed by atoms with E-state index in [0.717, 1.165) is 70.4 Å². The lowest BCUT2D eigenvalue weighted by atomic mass is 9.79. The Balaban J connectivity index is 0.000000277. The smallest absolute Gasteiger partial charge is 0.494 e. The number of ketones is 4. The van der Waals surface area contributed by atoms with Crippen LogP contribution in [0, 0.1) is 45.1 Å². The Labute approximate surface area is 794 Å². The van der Waals surface area contributed by atoms with Crippen LogP contribution < -0.4 is 28.0 Å². The SMILES string of the molecule is C.CC(=O)c1ccc(C)c(C)c1.CC(=O)c1ccc(O)c(O)c1.CC1(C)OB(c2ccc(N)cc2)OC1(C)C.CCOC(=O)CC(=O)c1ccc(C)c(C)c1.COC(=O)c1cc(-c2ccc(N)cc2)ccc1O.COC(=O)c1cc(-c2ccc(N)cc2)ccc1O.COC(=O)c1cc(-c2ccc(NC(=O)CC(=O)c3ccc(C)c(C)c3)cc2)ccc1O.COC(=O)c1cc(I)ccc1O. The third-order valence-corrected chi connectivity index (χ3v) is 21.6. The number of Topliss-reactive ketones (excluding diaryl/α,β-unsaturated/α-hetero) is 4. The second kappa shape index (κ2) is 51.6. The minimum atomic E-state index is -0.628. The Bertz CT molecular complexity index is 5950. The van der Waals surface area contributed by atoms with E-state index in [2.05, 4.69) is 46.9 Å². The average Bonchev–Trinajstić information content (AvgIpc) is 1.62. The number of methoxy groups -OCH3 is 4. The molecule has 27 nitrogen and oxygen atoms in total. The molecule has 702 valence electrons. The second-order valence-corrected chi connectivity index (χ2v) is 32.4. The van der Waals surface area contributed by atoms with Gasteiger partial charge in [-0.1, -0.05) is 111 Å². The third-order valence-electron chi connectivity index (χ3n) is 20.9. The van der Waals surface area contributed by atoms with Crippen molar-refractivity contribution in [1.29, 1.82) is 0 Å². The van der Waals surface area contributed by atoms with Crippen LogP contribution in [0.15, 0.2) is 243 Å². The summed E-state index contributed by atoms with van der Waals surface area (Å²) in [6, 6.07) is 68.6. The topological polar surface area (TPSA) is 447 Å².